The fraction of sp³-hybridized carbons (Fsp3) is 0.364. The molecular formula is C33H34N6O3. The van der Waals surface area contributed by atoms with Crippen molar-refractivity contribution >= 4 is 33.9 Å². The van der Waals surface area contributed by atoms with Crippen LogP contribution in [0.4, 0.5) is 0 Å². The molecule has 42 heavy (non-hydrogen) atoms. The number of nitrogens with zero attached hydrogens (tertiary/aromatic N) is 6. The lowest BCUT2D eigenvalue weighted by atomic mass is 9.84. The molecule has 3 aromatic heterocycles. The highest BCUT2D eigenvalue weighted by Gasteiger charge is 2.28. The number of hydrogen-bond donors (Lipinski definition) is 1. The van der Waals surface area contributed by atoms with Crippen molar-refractivity contribution in [2.45, 2.75) is 64.5 Å². The summed E-state index contributed by atoms with van der Waals surface area (Å²) in [5.74, 6) is -1.26. The third kappa shape index (κ3) is 4.53. The maximum absolute atomic E-state index is 13.8. The standard InChI is InChI=1S/C33H34N6O3/c1-20-27-18-34-32-31(20)35-36-39(32)12-5-3-4-6-21-7-10-28-24(14-21)16-29(37(28)2)33(42)38-13-11-22-8-9-23(15-25(22)19-38)26(27)17-30(40)41/h7-10,14-16,18,26H,3-6,11-13,17,19H2,1-2H3,(H,40,41). The first-order valence-corrected chi connectivity index (χ1v) is 14.8. The third-order valence-electron chi connectivity index (χ3n) is 9.17. The lowest BCUT2D eigenvalue weighted by Gasteiger charge is -2.30. The number of carbonyl (C=O) groups is 2. The molecular weight excluding hydrogens is 528 g/mol. The van der Waals surface area contributed by atoms with Gasteiger partial charge in [0.15, 0.2) is 5.65 Å². The van der Waals surface area contributed by atoms with Gasteiger partial charge in [-0.15, -0.1) is 5.10 Å². The van der Waals surface area contributed by atoms with E-state index in [-0.39, 0.29) is 12.3 Å². The zero-order valence-corrected chi connectivity index (χ0v) is 24.0. The second kappa shape index (κ2) is 10.4. The first kappa shape index (κ1) is 26.4. The zero-order chi connectivity index (χ0) is 29.0. The van der Waals surface area contributed by atoms with Crippen molar-refractivity contribution in [3.63, 3.8) is 0 Å². The van der Waals surface area contributed by atoms with E-state index < -0.39 is 11.9 Å². The third-order valence-corrected chi connectivity index (χ3v) is 9.17. The van der Waals surface area contributed by atoms with Gasteiger partial charge < -0.3 is 14.6 Å². The largest absolute Gasteiger partial charge is 0.481 e. The van der Waals surface area contributed by atoms with E-state index in [0.29, 0.717) is 24.3 Å². The first-order valence-electron chi connectivity index (χ1n) is 14.8. The fourth-order valence-electron chi connectivity index (χ4n) is 6.78. The highest BCUT2D eigenvalue weighted by atomic mass is 16.4. The minimum absolute atomic E-state index is 0.0177. The maximum atomic E-state index is 13.8. The van der Waals surface area contributed by atoms with Gasteiger partial charge in [0.2, 0.25) is 0 Å². The van der Waals surface area contributed by atoms with Gasteiger partial charge in [-0.2, -0.15) is 0 Å². The number of rotatable bonds is 2. The maximum Gasteiger partial charge on any atom is 0.304 e. The molecule has 0 spiro atoms. The van der Waals surface area contributed by atoms with Gasteiger partial charge in [0.05, 0.1) is 6.42 Å². The summed E-state index contributed by atoms with van der Waals surface area (Å²) in [6.07, 6.45) is 6.52. The number of amides is 1. The highest BCUT2D eigenvalue weighted by molar-refractivity contribution is 5.99. The highest BCUT2D eigenvalue weighted by Crippen LogP contribution is 2.35. The molecule has 0 fully saturated rings. The number of carboxylic acids is 1. The summed E-state index contributed by atoms with van der Waals surface area (Å²) in [6.45, 7) is 3.84. The predicted molar refractivity (Wildman–Crippen MR) is 160 cm³/mol. The molecule has 6 heterocycles. The van der Waals surface area contributed by atoms with Crippen molar-refractivity contribution in [3.05, 3.63) is 87.7 Å². The predicted octanol–water partition coefficient (Wildman–Crippen LogP) is 5.16. The summed E-state index contributed by atoms with van der Waals surface area (Å²) in [4.78, 5) is 32.6. The normalized spacial score (nSPS) is 17.5. The molecule has 0 saturated heterocycles. The van der Waals surface area contributed by atoms with Crippen molar-refractivity contribution in [1.29, 1.82) is 0 Å². The van der Waals surface area contributed by atoms with Crippen LogP contribution >= 0.6 is 0 Å². The van der Waals surface area contributed by atoms with Crippen molar-refractivity contribution < 1.29 is 14.7 Å². The molecule has 3 aliphatic heterocycles. The first-order chi connectivity index (χ1) is 20.4. The van der Waals surface area contributed by atoms with E-state index in [1.54, 1.807) is 6.20 Å². The van der Waals surface area contributed by atoms with E-state index >= 15 is 0 Å². The molecule has 1 atom stereocenters. The molecule has 0 saturated carbocycles. The number of hydrogen-bond acceptors (Lipinski definition) is 5. The Kier molecular flexibility index (Phi) is 6.52. The van der Waals surface area contributed by atoms with Crippen molar-refractivity contribution in [2.24, 2.45) is 7.05 Å². The Hall–Kier alpha value is -4.53. The van der Waals surface area contributed by atoms with Crippen LogP contribution in [0, 0.1) is 6.92 Å². The van der Waals surface area contributed by atoms with Gasteiger partial charge in [0.25, 0.3) is 5.91 Å². The lowest BCUT2D eigenvalue weighted by molar-refractivity contribution is -0.137. The van der Waals surface area contributed by atoms with Crippen LogP contribution in [0.5, 0.6) is 0 Å². The molecule has 5 aromatic rings. The molecule has 10 bridgehead atoms. The number of aromatic nitrogens is 5. The Labute approximate surface area is 243 Å². The van der Waals surface area contributed by atoms with E-state index in [0.717, 1.165) is 77.5 Å². The summed E-state index contributed by atoms with van der Waals surface area (Å²) < 4.78 is 3.87. The van der Waals surface area contributed by atoms with Crippen molar-refractivity contribution in [2.75, 3.05) is 6.54 Å². The molecule has 9 heteroatoms. The van der Waals surface area contributed by atoms with E-state index in [9.17, 15) is 14.7 Å². The van der Waals surface area contributed by atoms with Crippen LogP contribution in [0.3, 0.4) is 0 Å². The Bertz CT molecular complexity index is 1870. The van der Waals surface area contributed by atoms with Crippen LogP contribution in [0.1, 0.15) is 75.5 Å². The summed E-state index contributed by atoms with van der Waals surface area (Å²) >= 11 is 0. The second-order valence-corrected chi connectivity index (χ2v) is 11.8. The molecule has 1 amide bonds. The fourth-order valence-corrected chi connectivity index (χ4v) is 6.78. The number of pyridine rings is 1. The van der Waals surface area contributed by atoms with Crippen molar-refractivity contribution in [3.8, 4) is 0 Å². The van der Waals surface area contributed by atoms with E-state index in [1.807, 2.05) is 40.3 Å². The Morgan fingerprint density at radius 3 is 2.76 bits per heavy atom. The van der Waals surface area contributed by atoms with Crippen LogP contribution < -0.4 is 0 Å². The summed E-state index contributed by atoms with van der Waals surface area (Å²) in [7, 11) is 1.96. The second-order valence-electron chi connectivity index (χ2n) is 11.8. The van der Waals surface area contributed by atoms with Gasteiger partial charge in [-0.25, -0.2) is 9.67 Å². The minimum Gasteiger partial charge on any atom is -0.481 e. The molecule has 214 valence electrons. The molecule has 1 N–H and O–H groups in total. The van der Waals surface area contributed by atoms with Gasteiger partial charge in [0, 0.05) is 49.7 Å². The van der Waals surface area contributed by atoms with E-state index in [1.165, 1.54) is 11.1 Å². The van der Waals surface area contributed by atoms with Gasteiger partial charge >= 0.3 is 5.97 Å². The number of benzene rings is 2. The topological polar surface area (TPSA) is 106 Å². The van der Waals surface area contributed by atoms with Crippen molar-refractivity contribution in [1.82, 2.24) is 29.4 Å². The summed E-state index contributed by atoms with van der Waals surface area (Å²) in [5.41, 5.74) is 9.38. The van der Waals surface area contributed by atoms with Gasteiger partial charge in [-0.1, -0.05) is 35.9 Å². The van der Waals surface area contributed by atoms with Crippen LogP contribution in [0.15, 0.2) is 48.7 Å². The smallest absolute Gasteiger partial charge is 0.304 e. The lowest BCUT2D eigenvalue weighted by Crippen LogP contribution is -2.36. The molecule has 8 rings (SSSR count). The Morgan fingerprint density at radius 2 is 1.90 bits per heavy atom. The Morgan fingerprint density at radius 1 is 1.02 bits per heavy atom. The average Bonchev–Trinajstić information content (AvgIpc) is 3.55. The molecule has 1 unspecified atom stereocenters. The monoisotopic (exact) mass is 562 g/mol. The number of aliphatic carboxylic acids is 1. The van der Waals surface area contributed by atoms with Crippen LogP contribution in [-0.4, -0.2) is 53.0 Å². The molecule has 0 radical (unpaired) electrons. The SMILES string of the molecule is Cc1c2cnc3c1nnn3CCCCCc1ccc3c(c1)cc(n3C)C(=O)N1CCc3ccc(cc3C1)C2CC(=O)O. The summed E-state index contributed by atoms with van der Waals surface area (Å²) in [5, 5.41) is 19.9. The molecule has 9 nitrogen and oxygen atoms in total. The van der Waals surface area contributed by atoms with Crippen LogP contribution in [0.25, 0.3) is 22.1 Å². The average molecular weight is 563 g/mol. The number of carboxylic acid groups (broad SMARTS) is 1. The zero-order valence-electron chi connectivity index (χ0n) is 24.0. The van der Waals surface area contributed by atoms with E-state index in [4.69, 9.17) is 4.98 Å². The molecule has 2 aromatic carbocycles. The number of fused-ring (bicyclic) bond motifs is 5. The quantitative estimate of drug-likeness (QED) is 0.319. The van der Waals surface area contributed by atoms with Gasteiger partial charge in [-0.3, -0.25) is 9.59 Å². The minimum atomic E-state index is -0.877. The van der Waals surface area contributed by atoms with Gasteiger partial charge in [-0.05, 0) is 84.2 Å². The van der Waals surface area contributed by atoms with Crippen LogP contribution in [-0.2, 0) is 37.8 Å². The number of carbonyl (C=O) groups excluding carboxylic acids is 1. The van der Waals surface area contributed by atoms with E-state index in [2.05, 4.69) is 40.6 Å². The Balaban J connectivity index is 1.33. The number of aryl methyl sites for hydroxylation is 4. The molecule has 0 aliphatic carbocycles. The van der Waals surface area contributed by atoms with Crippen LogP contribution in [0.2, 0.25) is 0 Å². The molecule has 3 aliphatic rings. The summed E-state index contributed by atoms with van der Waals surface area (Å²) in [6, 6.07) is 14.8. The van der Waals surface area contributed by atoms with Gasteiger partial charge in [0.1, 0.15) is 11.2 Å².